The summed E-state index contributed by atoms with van der Waals surface area (Å²) in [5.74, 6) is -0.335. The molecule has 5 heteroatoms. The summed E-state index contributed by atoms with van der Waals surface area (Å²) in [5, 5.41) is 2.85. The molecule has 0 aliphatic rings. The van der Waals surface area contributed by atoms with Crippen molar-refractivity contribution in [3.63, 3.8) is 0 Å². The maximum Gasteiger partial charge on any atom is 0.265 e. The van der Waals surface area contributed by atoms with Crippen LogP contribution in [0.4, 0.5) is 5.69 Å². The summed E-state index contributed by atoms with van der Waals surface area (Å²) in [6.07, 6.45) is 0. The molecule has 0 atom stereocenters. The van der Waals surface area contributed by atoms with Gasteiger partial charge in [0.15, 0.2) is 5.78 Å². The van der Waals surface area contributed by atoms with Gasteiger partial charge in [0.2, 0.25) is 0 Å². The summed E-state index contributed by atoms with van der Waals surface area (Å²) in [6.45, 7) is 1.92. The third-order valence-corrected chi connectivity index (χ3v) is 5.12. The SMILES string of the molecule is Cc1ccc(NC(=O)c2ccc(Br)s2)c(C(=O)c2ccccc2)c1. The zero-order chi connectivity index (χ0) is 17.1. The van der Waals surface area contributed by atoms with E-state index in [1.165, 1.54) is 11.3 Å². The van der Waals surface area contributed by atoms with Crippen molar-refractivity contribution >= 4 is 44.6 Å². The summed E-state index contributed by atoms with van der Waals surface area (Å²) < 4.78 is 0.886. The molecule has 0 aliphatic heterocycles. The first kappa shape index (κ1) is 16.6. The standard InChI is InChI=1S/C19H14BrNO2S/c1-12-7-8-15(21-19(23)16-9-10-17(20)24-16)14(11-12)18(22)13-5-3-2-4-6-13/h2-11H,1H3,(H,21,23). The Morgan fingerprint density at radius 3 is 2.42 bits per heavy atom. The zero-order valence-electron chi connectivity index (χ0n) is 12.9. The number of amides is 1. The topological polar surface area (TPSA) is 46.2 Å². The van der Waals surface area contributed by atoms with Crippen molar-refractivity contribution in [1.82, 2.24) is 0 Å². The van der Waals surface area contributed by atoms with Crippen LogP contribution in [0.1, 0.15) is 31.2 Å². The van der Waals surface area contributed by atoms with Gasteiger partial charge in [0, 0.05) is 11.1 Å². The number of carbonyl (C=O) groups excluding carboxylic acids is 2. The van der Waals surface area contributed by atoms with Gasteiger partial charge in [0.25, 0.3) is 5.91 Å². The van der Waals surface area contributed by atoms with Crippen molar-refractivity contribution in [3.05, 3.63) is 86.0 Å². The summed E-state index contributed by atoms with van der Waals surface area (Å²) in [7, 11) is 0. The lowest BCUT2D eigenvalue weighted by molar-refractivity contribution is 0.103. The van der Waals surface area contributed by atoms with E-state index in [2.05, 4.69) is 21.2 Å². The number of carbonyl (C=O) groups is 2. The molecular formula is C19H14BrNO2S. The van der Waals surface area contributed by atoms with Crippen LogP contribution in [0.5, 0.6) is 0 Å². The maximum absolute atomic E-state index is 12.8. The molecule has 0 spiro atoms. The van der Waals surface area contributed by atoms with Crippen LogP contribution in [-0.4, -0.2) is 11.7 Å². The molecule has 1 aromatic heterocycles. The molecule has 120 valence electrons. The average Bonchev–Trinajstić information content (AvgIpc) is 3.03. The fraction of sp³-hybridized carbons (Fsp3) is 0.0526. The van der Waals surface area contributed by atoms with Gasteiger partial charge in [0.1, 0.15) is 0 Å². The van der Waals surface area contributed by atoms with Gasteiger partial charge in [0.05, 0.1) is 14.4 Å². The quantitative estimate of drug-likeness (QED) is 0.604. The minimum absolute atomic E-state index is 0.109. The van der Waals surface area contributed by atoms with E-state index < -0.39 is 0 Å². The van der Waals surface area contributed by atoms with Crippen molar-refractivity contribution < 1.29 is 9.59 Å². The number of thiophene rings is 1. The van der Waals surface area contributed by atoms with E-state index in [4.69, 9.17) is 0 Å². The van der Waals surface area contributed by atoms with Gasteiger partial charge in [-0.05, 0) is 47.1 Å². The number of anilines is 1. The highest BCUT2D eigenvalue weighted by Crippen LogP contribution is 2.25. The Kier molecular flexibility index (Phi) is 4.92. The monoisotopic (exact) mass is 399 g/mol. The molecule has 1 amide bonds. The number of hydrogen-bond donors (Lipinski definition) is 1. The van der Waals surface area contributed by atoms with E-state index in [0.29, 0.717) is 21.7 Å². The number of benzene rings is 2. The Bertz CT molecular complexity index is 903. The molecule has 0 saturated heterocycles. The molecule has 3 aromatic rings. The Labute approximate surface area is 152 Å². The molecule has 0 aliphatic carbocycles. The van der Waals surface area contributed by atoms with Crippen LogP contribution in [0, 0.1) is 6.92 Å². The van der Waals surface area contributed by atoms with Crippen molar-refractivity contribution in [2.75, 3.05) is 5.32 Å². The molecule has 0 radical (unpaired) electrons. The second kappa shape index (κ2) is 7.11. The van der Waals surface area contributed by atoms with Crippen LogP contribution in [0.15, 0.2) is 64.5 Å². The maximum atomic E-state index is 12.8. The van der Waals surface area contributed by atoms with E-state index in [1.54, 1.807) is 30.3 Å². The molecule has 0 saturated carbocycles. The summed E-state index contributed by atoms with van der Waals surface area (Å²) in [5.41, 5.74) is 2.57. The molecule has 2 aromatic carbocycles. The Morgan fingerprint density at radius 1 is 1.00 bits per heavy atom. The van der Waals surface area contributed by atoms with Gasteiger partial charge in [-0.1, -0.05) is 42.0 Å². The highest BCUT2D eigenvalue weighted by atomic mass is 79.9. The second-order valence-electron chi connectivity index (χ2n) is 5.30. The predicted octanol–water partition coefficient (Wildman–Crippen LogP) is 5.30. The van der Waals surface area contributed by atoms with Crippen LogP contribution in [0.2, 0.25) is 0 Å². The molecule has 1 N–H and O–H groups in total. The third kappa shape index (κ3) is 3.63. The third-order valence-electron chi connectivity index (χ3n) is 3.50. The van der Waals surface area contributed by atoms with E-state index in [1.807, 2.05) is 37.3 Å². The first-order valence-electron chi connectivity index (χ1n) is 7.31. The van der Waals surface area contributed by atoms with Gasteiger partial charge in [-0.2, -0.15) is 0 Å². The highest BCUT2D eigenvalue weighted by Gasteiger charge is 2.17. The van der Waals surface area contributed by atoms with Crippen molar-refractivity contribution in [2.45, 2.75) is 6.92 Å². The van der Waals surface area contributed by atoms with Gasteiger partial charge in [-0.3, -0.25) is 9.59 Å². The molecule has 0 fully saturated rings. The largest absolute Gasteiger partial charge is 0.321 e. The Hall–Kier alpha value is -2.24. The van der Waals surface area contributed by atoms with E-state index >= 15 is 0 Å². The first-order valence-corrected chi connectivity index (χ1v) is 8.92. The van der Waals surface area contributed by atoms with Crippen LogP contribution in [0.3, 0.4) is 0 Å². The minimum atomic E-state index is -0.225. The fourth-order valence-corrected chi connectivity index (χ4v) is 3.60. The van der Waals surface area contributed by atoms with Gasteiger partial charge in [-0.15, -0.1) is 11.3 Å². The number of halogens is 1. The normalized spacial score (nSPS) is 10.4. The molecule has 3 rings (SSSR count). The van der Waals surface area contributed by atoms with Crippen molar-refractivity contribution in [2.24, 2.45) is 0 Å². The molecule has 0 unspecified atom stereocenters. The first-order chi connectivity index (χ1) is 11.5. The number of ketones is 1. The summed E-state index contributed by atoms with van der Waals surface area (Å²) >= 11 is 4.70. The zero-order valence-corrected chi connectivity index (χ0v) is 15.3. The van der Waals surface area contributed by atoms with E-state index in [0.717, 1.165) is 9.35 Å². The molecule has 0 bridgehead atoms. The number of hydrogen-bond acceptors (Lipinski definition) is 3. The number of rotatable bonds is 4. The average molecular weight is 400 g/mol. The van der Waals surface area contributed by atoms with Crippen molar-refractivity contribution in [3.8, 4) is 0 Å². The summed E-state index contributed by atoms with van der Waals surface area (Å²) in [4.78, 5) is 25.8. The lowest BCUT2D eigenvalue weighted by Crippen LogP contribution is -2.14. The number of aryl methyl sites for hydroxylation is 1. The van der Waals surface area contributed by atoms with E-state index in [9.17, 15) is 9.59 Å². The Morgan fingerprint density at radius 2 is 1.75 bits per heavy atom. The van der Waals surface area contributed by atoms with Gasteiger partial charge in [-0.25, -0.2) is 0 Å². The molecule has 3 nitrogen and oxygen atoms in total. The smallest absolute Gasteiger partial charge is 0.265 e. The number of nitrogens with one attached hydrogen (secondary N) is 1. The second-order valence-corrected chi connectivity index (χ2v) is 7.77. The van der Waals surface area contributed by atoms with Gasteiger partial charge >= 0.3 is 0 Å². The van der Waals surface area contributed by atoms with Crippen LogP contribution in [0.25, 0.3) is 0 Å². The van der Waals surface area contributed by atoms with Gasteiger partial charge < -0.3 is 5.32 Å². The van der Waals surface area contributed by atoms with Crippen LogP contribution >= 0.6 is 27.3 Å². The predicted molar refractivity (Wildman–Crippen MR) is 101 cm³/mol. The summed E-state index contributed by atoms with van der Waals surface area (Å²) in [6, 6.07) is 18.1. The molecular weight excluding hydrogens is 386 g/mol. The van der Waals surface area contributed by atoms with Crippen molar-refractivity contribution in [1.29, 1.82) is 0 Å². The van der Waals surface area contributed by atoms with E-state index in [-0.39, 0.29) is 11.7 Å². The lowest BCUT2D eigenvalue weighted by atomic mass is 9.99. The Balaban J connectivity index is 1.94. The fourth-order valence-electron chi connectivity index (χ4n) is 2.32. The molecule has 1 heterocycles. The molecule has 24 heavy (non-hydrogen) atoms. The lowest BCUT2D eigenvalue weighted by Gasteiger charge is -2.11. The van der Waals surface area contributed by atoms with Crippen LogP contribution in [-0.2, 0) is 0 Å². The minimum Gasteiger partial charge on any atom is -0.321 e. The van der Waals surface area contributed by atoms with Crippen LogP contribution < -0.4 is 5.32 Å². The highest BCUT2D eigenvalue weighted by molar-refractivity contribution is 9.11.